The van der Waals surface area contributed by atoms with Gasteiger partial charge in [0.15, 0.2) is 6.29 Å². The number of aliphatic hydroxyl groups is 2. The Balaban J connectivity index is 1.14. The van der Waals surface area contributed by atoms with Gasteiger partial charge in [-0.25, -0.2) is 4.79 Å². The number of aliphatic hydroxyl groups excluding tert-OH is 2. The van der Waals surface area contributed by atoms with Crippen molar-refractivity contribution in [2.24, 2.45) is 5.92 Å². The van der Waals surface area contributed by atoms with E-state index in [0.29, 0.717) is 35.8 Å². The molecule has 0 saturated carbocycles. The molecular formula is C41H43N3O7. The number of nitrogens with zero attached hydrogens (tertiary/aromatic N) is 1. The fourth-order valence-electron chi connectivity index (χ4n) is 6.13. The average Bonchev–Trinajstić information content (AvgIpc) is 3.14. The molecule has 0 aromatic heterocycles. The molecule has 0 spiro atoms. The van der Waals surface area contributed by atoms with Crippen molar-refractivity contribution in [3.63, 3.8) is 0 Å². The maximum atomic E-state index is 13.0. The number of amides is 2. The van der Waals surface area contributed by atoms with Crippen LogP contribution in [0.15, 0.2) is 127 Å². The number of para-hydroxylation sites is 1. The zero-order valence-corrected chi connectivity index (χ0v) is 28.6. The number of rotatable bonds is 12. The monoisotopic (exact) mass is 689 g/mol. The van der Waals surface area contributed by atoms with Crippen molar-refractivity contribution in [2.75, 3.05) is 30.8 Å². The maximum absolute atomic E-state index is 13.0. The number of phenols is 1. The van der Waals surface area contributed by atoms with Crippen molar-refractivity contribution in [3.05, 3.63) is 150 Å². The smallest absolute Gasteiger partial charge is 0.323 e. The summed E-state index contributed by atoms with van der Waals surface area (Å²) in [6, 6.07) is 37.9. The number of benzene rings is 5. The second-order valence-corrected chi connectivity index (χ2v) is 12.8. The Hall–Kier alpha value is -5.23. The number of urea groups is 1. The Morgan fingerprint density at radius 2 is 1.51 bits per heavy atom. The molecule has 5 atom stereocenters. The molecule has 6 rings (SSSR count). The highest BCUT2D eigenvalue weighted by molar-refractivity contribution is 5.99. The SMILES string of the molecule is CC1C(CN(C)CC(O)c2cccc(O)c2)OC(c2cccc(NC(=O)Nc3ccc(Oc4ccccc4)cc3)c2)OC1c1ccc(CO)cc1. The van der Waals surface area contributed by atoms with E-state index in [4.69, 9.17) is 14.2 Å². The molecule has 2 amide bonds. The molecule has 1 aliphatic heterocycles. The first-order valence-corrected chi connectivity index (χ1v) is 16.9. The van der Waals surface area contributed by atoms with E-state index in [2.05, 4.69) is 17.6 Å². The molecule has 10 nitrogen and oxygen atoms in total. The molecule has 5 unspecified atom stereocenters. The van der Waals surface area contributed by atoms with E-state index in [1.165, 1.54) is 0 Å². The van der Waals surface area contributed by atoms with Crippen molar-refractivity contribution in [1.29, 1.82) is 0 Å². The third kappa shape index (κ3) is 9.52. The molecule has 0 aliphatic carbocycles. The zero-order valence-electron chi connectivity index (χ0n) is 28.6. The lowest BCUT2D eigenvalue weighted by molar-refractivity contribution is -0.276. The van der Waals surface area contributed by atoms with Crippen molar-refractivity contribution in [2.45, 2.75) is 38.1 Å². The standard InChI is InChI=1S/C41H43N3O7/c1-27-38(25-44(2)24-37(47)30-8-7-11-34(46)23-30)50-40(51-39(27)29-16-14-28(26-45)15-17-29)31-9-6-10-33(22-31)43-41(48)42-32-18-20-36(21-19-32)49-35-12-4-3-5-13-35/h3-23,27,37-40,45-47H,24-26H2,1-2H3,(H2,42,43,48). The van der Waals surface area contributed by atoms with Crippen LogP contribution in [-0.2, 0) is 16.1 Å². The van der Waals surface area contributed by atoms with E-state index in [1.807, 2.05) is 84.7 Å². The quantitative estimate of drug-likeness (QED) is 0.0898. The molecule has 10 heteroatoms. The molecule has 1 saturated heterocycles. The first-order chi connectivity index (χ1) is 24.7. The first-order valence-electron chi connectivity index (χ1n) is 16.9. The highest BCUT2D eigenvalue weighted by atomic mass is 16.7. The molecule has 264 valence electrons. The van der Waals surface area contributed by atoms with E-state index in [-0.39, 0.29) is 30.5 Å². The van der Waals surface area contributed by atoms with Gasteiger partial charge in [0.1, 0.15) is 17.2 Å². The molecule has 0 bridgehead atoms. The highest BCUT2D eigenvalue weighted by Gasteiger charge is 2.39. The number of carbonyl (C=O) groups excluding carboxylic acids is 1. The van der Waals surface area contributed by atoms with Crippen LogP contribution in [0.3, 0.4) is 0 Å². The first kappa shape index (κ1) is 35.6. The van der Waals surface area contributed by atoms with Gasteiger partial charge in [-0.2, -0.15) is 0 Å². The molecule has 1 heterocycles. The summed E-state index contributed by atoms with van der Waals surface area (Å²) in [5.41, 5.74) is 4.28. The summed E-state index contributed by atoms with van der Waals surface area (Å²) >= 11 is 0. The van der Waals surface area contributed by atoms with Gasteiger partial charge in [0.25, 0.3) is 0 Å². The van der Waals surface area contributed by atoms with Gasteiger partial charge in [-0.05, 0) is 84.4 Å². The summed E-state index contributed by atoms with van der Waals surface area (Å²) in [7, 11) is 1.92. The van der Waals surface area contributed by atoms with Crippen molar-refractivity contribution in [3.8, 4) is 17.2 Å². The number of phenolic OH excluding ortho intramolecular Hbond substituents is 1. The fraction of sp³-hybridized carbons (Fsp3) is 0.244. The van der Waals surface area contributed by atoms with E-state index < -0.39 is 18.4 Å². The lowest BCUT2D eigenvalue weighted by atomic mass is 9.90. The average molecular weight is 690 g/mol. The van der Waals surface area contributed by atoms with Gasteiger partial charge in [0.05, 0.1) is 24.9 Å². The van der Waals surface area contributed by atoms with Gasteiger partial charge in [-0.1, -0.05) is 73.7 Å². The third-order valence-electron chi connectivity index (χ3n) is 8.86. The number of aromatic hydroxyl groups is 1. The summed E-state index contributed by atoms with van der Waals surface area (Å²) in [6.07, 6.45) is -2.18. The molecule has 5 N–H and O–H groups in total. The number of carbonyl (C=O) groups is 1. The number of anilines is 2. The summed E-state index contributed by atoms with van der Waals surface area (Å²) in [5.74, 6) is 1.41. The predicted molar refractivity (Wildman–Crippen MR) is 196 cm³/mol. The molecule has 0 radical (unpaired) electrons. The number of ether oxygens (including phenoxy) is 3. The van der Waals surface area contributed by atoms with Crippen molar-refractivity contribution < 1.29 is 34.3 Å². The number of hydrogen-bond donors (Lipinski definition) is 5. The number of nitrogens with one attached hydrogen (secondary N) is 2. The van der Waals surface area contributed by atoms with Crippen LogP contribution in [-0.4, -0.2) is 52.5 Å². The Bertz CT molecular complexity index is 1870. The highest BCUT2D eigenvalue weighted by Crippen LogP contribution is 2.42. The van der Waals surface area contributed by atoms with E-state index in [1.54, 1.807) is 54.6 Å². The summed E-state index contributed by atoms with van der Waals surface area (Å²) in [4.78, 5) is 15.0. The van der Waals surface area contributed by atoms with Crippen LogP contribution in [0, 0.1) is 5.92 Å². The third-order valence-corrected chi connectivity index (χ3v) is 8.86. The van der Waals surface area contributed by atoms with Crippen LogP contribution in [0.4, 0.5) is 16.2 Å². The minimum Gasteiger partial charge on any atom is -0.508 e. The Morgan fingerprint density at radius 1 is 0.804 bits per heavy atom. The summed E-state index contributed by atoms with van der Waals surface area (Å²) in [6.45, 7) is 2.85. The second-order valence-electron chi connectivity index (χ2n) is 12.8. The van der Waals surface area contributed by atoms with Crippen molar-refractivity contribution in [1.82, 2.24) is 4.90 Å². The van der Waals surface area contributed by atoms with Crippen LogP contribution in [0.1, 0.15) is 47.7 Å². The van der Waals surface area contributed by atoms with E-state index in [9.17, 15) is 20.1 Å². The van der Waals surface area contributed by atoms with Crippen LogP contribution in [0.5, 0.6) is 17.2 Å². The molecule has 51 heavy (non-hydrogen) atoms. The zero-order chi connectivity index (χ0) is 35.7. The minimum atomic E-state index is -0.802. The maximum Gasteiger partial charge on any atom is 0.323 e. The normalized spacial score (nSPS) is 19.3. The Kier molecular flexibility index (Phi) is 11.6. The Morgan fingerprint density at radius 3 is 2.24 bits per heavy atom. The Labute approximate surface area is 297 Å². The molecule has 1 aliphatic rings. The fourth-order valence-corrected chi connectivity index (χ4v) is 6.13. The largest absolute Gasteiger partial charge is 0.508 e. The van der Waals surface area contributed by atoms with Gasteiger partial charge in [0.2, 0.25) is 0 Å². The van der Waals surface area contributed by atoms with Crippen molar-refractivity contribution >= 4 is 17.4 Å². The predicted octanol–water partition coefficient (Wildman–Crippen LogP) is 7.78. The number of hydrogen-bond acceptors (Lipinski definition) is 8. The van der Waals surface area contributed by atoms with Crippen LogP contribution >= 0.6 is 0 Å². The van der Waals surface area contributed by atoms with Gasteiger partial charge in [-0.3, -0.25) is 0 Å². The molecule has 5 aromatic carbocycles. The lowest BCUT2D eigenvalue weighted by Gasteiger charge is -2.42. The molecule has 1 fully saturated rings. The molecule has 5 aromatic rings. The van der Waals surface area contributed by atoms with Crippen LogP contribution in [0.25, 0.3) is 0 Å². The topological polar surface area (TPSA) is 133 Å². The number of likely N-dealkylation sites (N-methyl/N-ethyl adjacent to an activating group) is 1. The van der Waals surface area contributed by atoms with Gasteiger partial charge < -0.3 is 45.1 Å². The molecular weight excluding hydrogens is 646 g/mol. The summed E-state index contributed by atoms with van der Waals surface area (Å²) < 4.78 is 19.1. The van der Waals surface area contributed by atoms with Crippen LogP contribution in [0.2, 0.25) is 0 Å². The van der Waals surface area contributed by atoms with Gasteiger partial charge in [-0.15, -0.1) is 0 Å². The van der Waals surface area contributed by atoms with E-state index >= 15 is 0 Å². The van der Waals surface area contributed by atoms with Gasteiger partial charge >= 0.3 is 6.03 Å². The summed E-state index contributed by atoms with van der Waals surface area (Å²) in [5, 5.41) is 36.1. The van der Waals surface area contributed by atoms with Gasteiger partial charge in [0, 0.05) is 35.9 Å². The lowest BCUT2D eigenvalue weighted by Crippen LogP contribution is -2.44. The van der Waals surface area contributed by atoms with Crippen LogP contribution < -0.4 is 15.4 Å². The minimum absolute atomic E-state index is 0.0522. The second kappa shape index (κ2) is 16.7. The van der Waals surface area contributed by atoms with E-state index in [0.717, 1.165) is 22.4 Å².